The molecule has 3 amide bonds. The molecule has 1 saturated heterocycles. The first-order valence-electron chi connectivity index (χ1n) is 9.26. The van der Waals surface area contributed by atoms with Crippen molar-refractivity contribution in [1.29, 1.82) is 0 Å². The van der Waals surface area contributed by atoms with Gasteiger partial charge in [0.2, 0.25) is 11.8 Å². The predicted molar refractivity (Wildman–Crippen MR) is 115 cm³/mol. The number of nitrogens with one attached hydrogen (secondary N) is 1. The van der Waals surface area contributed by atoms with Crippen molar-refractivity contribution in [3.63, 3.8) is 0 Å². The van der Waals surface area contributed by atoms with Crippen LogP contribution in [-0.4, -0.2) is 43.3 Å². The molecule has 2 aromatic carbocycles. The zero-order valence-corrected chi connectivity index (χ0v) is 17.1. The van der Waals surface area contributed by atoms with Gasteiger partial charge in [-0.2, -0.15) is 0 Å². The standard InChI is InChI=1S/C22H22ClN3O3/c1-25(2)22(29)16-8-11-18(23)19(14-16)24-20(27)12-7-15-5-9-17(10-6-15)26-13-3-4-21(26)28/h5-12,14H,3-4,13H2,1-2H3,(H,24,27)/b12-7+. The Kier molecular flexibility index (Phi) is 6.34. The van der Waals surface area contributed by atoms with Crippen LogP contribution >= 0.6 is 11.6 Å². The minimum atomic E-state index is -0.361. The summed E-state index contributed by atoms with van der Waals surface area (Å²) >= 11 is 6.14. The lowest BCUT2D eigenvalue weighted by Crippen LogP contribution is -2.23. The Morgan fingerprint density at radius 3 is 2.48 bits per heavy atom. The van der Waals surface area contributed by atoms with Gasteiger partial charge < -0.3 is 15.1 Å². The van der Waals surface area contributed by atoms with Gasteiger partial charge in [0.1, 0.15) is 0 Å². The molecule has 1 aliphatic heterocycles. The lowest BCUT2D eigenvalue weighted by atomic mass is 10.1. The topological polar surface area (TPSA) is 69.7 Å². The van der Waals surface area contributed by atoms with Gasteiger partial charge in [-0.3, -0.25) is 14.4 Å². The molecule has 0 radical (unpaired) electrons. The van der Waals surface area contributed by atoms with Crippen LogP contribution in [0.4, 0.5) is 11.4 Å². The largest absolute Gasteiger partial charge is 0.345 e. The summed E-state index contributed by atoms with van der Waals surface area (Å²) in [5.74, 6) is -0.399. The fourth-order valence-electron chi connectivity index (χ4n) is 3.05. The van der Waals surface area contributed by atoms with Gasteiger partial charge in [-0.1, -0.05) is 23.7 Å². The predicted octanol–water partition coefficient (Wildman–Crippen LogP) is 3.82. The minimum absolute atomic E-state index is 0.138. The Labute approximate surface area is 174 Å². The number of halogens is 1. The molecule has 1 heterocycles. The van der Waals surface area contributed by atoms with Gasteiger partial charge in [-0.15, -0.1) is 0 Å². The maximum atomic E-state index is 12.3. The summed E-state index contributed by atoms with van der Waals surface area (Å²) in [6.45, 7) is 0.743. The zero-order chi connectivity index (χ0) is 21.0. The summed E-state index contributed by atoms with van der Waals surface area (Å²) in [6, 6.07) is 12.2. The van der Waals surface area contributed by atoms with Gasteiger partial charge in [-0.05, 0) is 48.4 Å². The monoisotopic (exact) mass is 411 g/mol. The molecule has 0 bridgehead atoms. The third kappa shape index (κ3) is 5.03. The summed E-state index contributed by atoms with van der Waals surface area (Å²) in [5, 5.41) is 3.04. The van der Waals surface area contributed by atoms with Crippen molar-refractivity contribution in [3.05, 3.63) is 64.7 Å². The second-order valence-electron chi connectivity index (χ2n) is 6.96. The normalized spacial score (nSPS) is 13.8. The first-order chi connectivity index (χ1) is 13.8. The van der Waals surface area contributed by atoms with Gasteiger partial charge in [-0.25, -0.2) is 0 Å². The summed E-state index contributed by atoms with van der Waals surface area (Å²) in [4.78, 5) is 39.4. The highest BCUT2D eigenvalue weighted by molar-refractivity contribution is 6.34. The van der Waals surface area contributed by atoms with E-state index in [9.17, 15) is 14.4 Å². The SMILES string of the molecule is CN(C)C(=O)c1ccc(Cl)c(NC(=O)/C=C/c2ccc(N3CCCC3=O)cc2)c1. The molecule has 1 fully saturated rings. The van der Waals surface area contributed by atoms with E-state index < -0.39 is 0 Å². The molecule has 7 heteroatoms. The molecule has 3 rings (SSSR count). The molecule has 150 valence electrons. The van der Waals surface area contributed by atoms with Crippen LogP contribution in [0.15, 0.2) is 48.5 Å². The molecule has 6 nitrogen and oxygen atoms in total. The number of carbonyl (C=O) groups is 3. The van der Waals surface area contributed by atoms with E-state index in [1.807, 2.05) is 24.3 Å². The van der Waals surface area contributed by atoms with E-state index in [1.54, 1.807) is 43.3 Å². The van der Waals surface area contributed by atoms with Crippen LogP contribution in [0.2, 0.25) is 5.02 Å². The molecular formula is C22H22ClN3O3. The van der Waals surface area contributed by atoms with E-state index >= 15 is 0 Å². The third-order valence-electron chi connectivity index (χ3n) is 4.58. The number of benzene rings is 2. The molecule has 1 N–H and O–H groups in total. The fourth-order valence-corrected chi connectivity index (χ4v) is 3.21. The molecular weight excluding hydrogens is 390 g/mol. The van der Waals surface area contributed by atoms with Gasteiger partial charge in [0.05, 0.1) is 10.7 Å². The molecule has 0 aromatic heterocycles. The van der Waals surface area contributed by atoms with Gasteiger partial charge in [0.25, 0.3) is 5.91 Å². The first kappa shape index (κ1) is 20.6. The number of nitrogens with zero attached hydrogens (tertiary/aromatic N) is 2. The maximum absolute atomic E-state index is 12.3. The van der Waals surface area contributed by atoms with Gasteiger partial charge >= 0.3 is 0 Å². The summed E-state index contributed by atoms with van der Waals surface area (Å²) < 4.78 is 0. The summed E-state index contributed by atoms with van der Waals surface area (Å²) in [6.07, 6.45) is 4.54. The van der Waals surface area contributed by atoms with Crippen LogP contribution in [0.1, 0.15) is 28.8 Å². The van der Waals surface area contributed by atoms with Crippen molar-refractivity contribution in [2.75, 3.05) is 30.9 Å². The zero-order valence-electron chi connectivity index (χ0n) is 16.3. The van der Waals surface area contributed by atoms with E-state index in [-0.39, 0.29) is 17.7 Å². The van der Waals surface area contributed by atoms with E-state index in [0.717, 1.165) is 24.2 Å². The maximum Gasteiger partial charge on any atom is 0.253 e. The molecule has 0 atom stereocenters. The molecule has 29 heavy (non-hydrogen) atoms. The lowest BCUT2D eigenvalue weighted by Gasteiger charge is -2.15. The Balaban J connectivity index is 1.66. The van der Waals surface area contributed by atoms with Crippen molar-refractivity contribution in [3.8, 4) is 0 Å². The van der Waals surface area contributed by atoms with Gasteiger partial charge in [0, 0.05) is 44.4 Å². The van der Waals surface area contributed by atoms with Gasteiger partial charge in [0.15, 0.2) is 0 Å². The average Bonchev–Trinajstić information content (AvgIpc) is 3.13. The number of amides is 3. The molecule has 0 saturated carbocycles. The summed E-state index contributed by atoms with van der Waals surface area (Å²) in [5.41, 5.74) is 2.50. The van der Waals surface area contributed by atoms with Crippen LogP contribution < -0.4 is 10.2 Å². The molecule has 0 aliphatic carbocycles. The molecule has 0 unspecified atom stereocenters. The Morgan fingerprint density at radius 1 is 1.14 bits per heavy atom. The highest BCUT2D eigenvalue weighted by atomic mass is 35.5. The molecule has 2 aromatic rings. The first-order valence-corrected chi connectivity index (χ1v) is 9.63. The Hall–Kier alpha value is -3.12. The molecule has 1 aliphatic rings. The van der Waals surface area contributed by atoms with Crippen LogP contribution in [0, 0.1) is 0 Å². The second-order valence-corrected chi connectivity index (χ2v) is 7.36. The fraction of sp³-hybridized carbons (Fsp3) is 0.227. The highest BCUT2D eigenvalue weighted by Crippen LogP contribution is 2.24. The number of rotatable bonds is 5. The molecule has 0 spiro atoms. The van der Waals surface area contributed by atoms with Crippen LogP contribution in [-0.2, 0) is 9.59 Å². The van der Waals surface area contributed by atoms with Crippen molar-refractivity contribution in [2.24, 2.45) is 0 Å². The van der Waals surface area contributed by atoms with E-state index in [0.29, 0.717) is 22.7 Å². The Morgan fingerprint density at radius 2 is 1.86 bits per heavy atom. The highest BCUT2D eigenvalue weighted by Gasteiger charge is 2.21. The third-order valence-corrected chi connectivity index (χ3v) is 4.91. The second kappa shape index (κ2) is 8.92. The van der Waals surface area contributed by atoms with Crippen LogP contribution in [0.3, 0.4) is 0 Å². The van der Waals surface area contributed by atoms with Crippen LogP contribution in [0.5, 0.6) is 0 Å². The minimum Gasteiger partial charge on any atom is -0.345 e. The van der Waals surface area contributed by atoms with Crippen molar-refractivity contribution >= 4 is 46.8 Å². The number of carbonyl (C=O) groups excluding carboxylic acids is 3. The van der Waals surface area contributed by atoms with E-state index in [4.69, 9.17) is 11.6 Å². The number of hydrogen-bond acceptors (Lipinski definition) is 3. The smallest absolute Gasteiger partial charge is 0.253 e. The van der Waals surface area contributed by atoms with E-state index in [2.05, 4.69) is 5.32 Å². The number of hydrogen-bond donors (Lipinski definition) is 1. The average molecular weight is 412 g/mol. The Bertz CT molecular complexity index is 968. The van der Waals surface area contributed by atoms with Crippen LogP contribution in [0.25, 0.3) is 6.08 Å². The van der Waals surface area contributed by atoms with Crippen molar-refractivity contribution < 1.29 is 14.4 Å². The van der Waals surface area contributed by atoms with Crippen molar-refractivity contribution in [2.45, 2.75) is 12.8 Å². The summed E-state index contributed by atoms with van der Waals surface area (Å²) in [7, 11) is 3.31. The van der Waals surface area contributed by atoms with E-state index in [1.165, 1.54) is 11.0 Å². The number of anilines is 2. The van der Waals surface area contributed by atoms with Crippen molar-refractivity contribution in [1.82, 2.24) is 4.90 Å². The lowest BCUT2D eigenvalue weighted by molar-refractivity contribution is -0.117. The quantitative estimate of drug-likeness (QED) is 0.760.